The highest BCUT2D eigenvalue weighted by Gasteiger charge is 2.14. The van der Waals surface area contributed by atoms with Crippen molar-refractivity contribution in [3.8, 4) is 0 Å². The Bertz CT molecular complexity index is 604. The average Bonchev–Trinajstić information content (AvgIpc) is 2.70. The summed E-state index contributed by atoms with van der Waals surface area (Å²) in [6.07, 6.45) is 0. The summed E-state index contributed by atoms with van der Waals surface area (Å²) >= 11 is 7.53. The molecule has 6 heteroatoms. The van der Waals surface area contributed by atoms with Crippen LogP contribution in [0.15, 0.2) is 33.6 Å². The van der Waals surface area contributed by atoms with E-state index in [0.29, 0.717) is 22.2 Å². The monoisotopic (exact) mass is 297 g/mol. The van der Waals surface area contributed by atoms with Gasteiger partial charge in [-0.1, -0.05) is 17.7 Å². The molecule has 1 heterocycles. The summed E-state index contributed by atoms with van der Waals surface area (Å²) in [5, 5.41) is 9.44. The third kappa shape index (κ3) is 3.05. The molecule has 1 aromatic carbocycles. The van der Waals surface area contributed by atoms with Crippen molar-refractivity contribution < 1.29 is 14.3 Å². The number of anilines is 1. The average molecular weight is 298 g/mol. The Labute approximate surface area is 119 Å². The van der Waals surface area contributed by atoms with Crippen LogP contribution in [0.2, 0.25) is 5.02 Å². The number of hydrogen-bond donors (Lipinski definition) is 2. The SMILES string of the molecule is Cc1oc(C(=O)O)cc1CSc1c(N)cccc1Cl. The van der Waals surface area contributed by atoms with Crippen LogP contribution >= 0.6 is 23.4 Å². The van der Waals surface area contributed by atoms with Crippen molar-refractivity contribution >= 4 is 35.0 Å². The maximum atomic E-state index is 10.8. The minimum absolute atomic E-state index is 0.0553. The molecular weight excluding hydrogens is 286 g/mol. The number of halogens is 1. The van der Waals surface area contributed by atoms with Crippen LogP contribution in [0.25, 0.3) is 0 Å². The van der Waals surface area contributed by atoms with Crippen molar-refractivity contribution in [1.82, 2.24) is 0 Å². The fourth-order valence-electron chi connectivity index (χ4n) is 1.60. The maximum absolute atomic E-state index is 10.8. The lowest BCUT2D eigenvalue weighted by Crippen LogP contribution is -1.92. The Morgan fingerprint density at radius 3 is 2.84 bits per heavy atom. The molecule has 2 aromatic rings. The predicted octanol–water partition coefficient (Wildman–Crippen LogP) is 3.81. The van der Waals surface area contributed by atoms with E-state index in [1.165, 1.54) is 17.8 Å². The van der Waals surface area contributed by atoms with E-state index in [0.717, 1.165) is 10.5 Å². The van der Waals surface area contributed by atoms with Crippen molar-refractivity contribution in [1.29, 1.82) is 0 Å². The number of carbonyl (C=O) groups is 1. The molecule has 4 nitrogen and oxygen atoms in total. The van der Waals surface area contributed by atoms with E-state index in [1.54, 1.807) is 25.1 Å². The summed E-state index contributed by atoms with van der Waals surface area (Å²) in [6, 6.07) is 6.86. The van der Waals surface area contributed by atoms with Crippen LogP contribution in [0.3, 0.4) is 0 Å². The summed E-state index contributed by atoms with van der Waals surface area (Å²) in [7, 11) is 0. The molecule has 1 aromatic heterocycles. The second-order valence-electron chi connectivity index (χ2n) is 3.94. The summed E-state index contributed by atoms with van der Waals surface area (Å²) in [6.45, 7) is 1.73. The van der Waals surface area contributed by atoms with Crippen molar-refractivity contribution in [2.24, 2.45) is 0 Å². The fourth-order valence-corrected chi connectivity index (χ4v) is 2.97. The van der Waals surface area contributed by atoms with Gasteiger partial charge in [-0.15, -0.1) is 11.8 Å². The molecule has 0 fully saturated rings. The van der Waals surface area contributed by atoms with Gasteiger partial charge in [0, 0.05) is 21.9 Å². The highest BCUT2D eigenvalue weighted by molar-refractivity contribution is 7.98. The number of nitrogen functional groups attached to an aromatic ring is 1. The molecule has 0 bridgehead atoms. The number of carboxylic acids is 1. The molecule has 0 aliphatic carbocycles. The van der Waals surface area contributed by atoms with Crippen molar-refractivity contribution in [3.05, 3.63) is 46.4 Å². The molecular formula is C13H12ClNO3S. The fraction of sp³-hybridized carbons (Fsp3) is 0.154. The highest BCUT2D eigenvalue weighted by atomic mass is 35.5. The molecule has 0 radical (unpaired) electrons. The van der Waals surface area contributed by atoms with E-state index in [2.05, 4.69) is 0 Å². The van der Waals surface area contributed by atoms with Crippen LogP contribution in [-0.2, 0) is 5.75 Å². The Kier molecular flexibility index (Phi) is 4.07. The quantitative estimate of drug-likeness (QED) is 0.663. The van der Waals surface area contributed by atoms with Crippen LogP contribution in [0.1, 0.15) is 21.9 Å². The summed E-state index contributed by atoms with van der Waals surface area (Å²) in [4.78, 5) is 11.6. The van der Waals surface area contributed by atoms with E-state index in [1.807, 2.05) is 0 Å². The van der Waals surface area contributed by atoms with E-state index in [9.17, 15) is 4.79 Å². The van der Waals surface area contributed by atoms with Crippen LogP contribution in [-0.4, -0.2) is 11.1 Å². The molecule has 19 heavy (non-hydrogen) atoms. The van der Waals surface area contributed by atoms with Crippen LogP contribution in [0, 0.1) is 6.92 Å². The number of rotatable bonds is 4. The molecule has 0 saturated heterocycles. The minimum Gasteiger partial charge on any atom is -0.475 e. The predicted molar refractivity (Wildman–Crippen MR) is 75.8 cm³/mol. The lowest BCUT2D eigenvalue weighted by atomic mass is 10.3. The second kappa shape index (κ2) is 5.59. The van der Waals surface area contributed by atoms with Gasteiger partial charge in [0.05, 0.1) is 5.02 Å². The molecule has 0 atom stereocenters. The van der Waals surface area contributed by atoms with Crippen LogP contribution in [0.5, 0.6) is 0 Å². The van der Waals surface area contributed by atoms with E-state index in [-0.39, 0.29) is 5.76 Å². The number of carboxylic acid groups (broad SMARTS) is 1. The van der Waals surface area contributed by atoms with Crippen molar-refractivity contribution in [2.45, 2.75) is 17.6 Å². The van der Waals surface area contributed by atoms with Crippen molar-refractivity contribution in [2.75, 3.05) is 5.73 Å². The molecule has 0 aliphatic heterocycles. The molecule has 0 aliphatic rings. The van der Waals surface area contributed by atoms with E-state index < -0.39 is 5.97 Å². The highest BCUT2D eigenvalue weighted by Crippen LogP contribution is 2.35. The largest absolute Gasteiger partial charge is 0.475 e. The standard InChI is InChI=1S/C13H12ClNO3S/c1-7-8(5-11(18-7)13(16)17)6-19-12-9(14)3-2-4-10(12)15/h2-5H,6,15H2,1H3,(H,16,17). The Morgan fingerprint density at radius 2 is 2.26 bits per heavy atom. The number of furan rings is 1. The topological polar surface area (TPSA) is 76.5 Å². The Hall–Kier alpha value is -1.59. The summed E-state index contributed by atoms with van der Waals surface area (Å²) in [5.41, 5.74) is 7.28. The zero-order valence-electron chi connectivity index (χ0n) is 10.1. The maximum Gasteiger partial charge on any atom is 0.371 e. The first kappa shape index (κ1) is 13.8. The lowest BCUT2D eigenvalue weighted by molar-refractivity contribution is 0.0661. The van der Waals surface area contributed by atoms with Crippen LogP contribution < -0.4 is 5.73 Å². The van der Waals surface area contributed by atoms with Crippen LogP contribution in [0.4, 0.5) is 5.69 Å². The number of thioether (sulfide) groups is 1. The molecule has 0 unspecified atom stereocenters. The summed E-state index contributed by atoms with van der Waals surface area (Å²) < 4.78 is 5.15. The lowest BCUT2D eigenvalue weighted by Gasteiger charge is -2.06. The van der Waals surface area contributed by atoms with E-state index >= 15 is 0 Å². The molecule has 0 amide bonds. The van der Waals surface area contributed by atoms with Gasteiger partial charge < -0.3 is 15.3 Å². The van der Waals surface area contributed by atoms with Gasteiger partial charge in [-0.3, -0.25) is 0 Å². The smallest absolute Gasteiger partial charge is 0.371 e. The van der Waals surface area contributed by atoms with Gasteiger partial charge in [-0.05, 0) is 25.1 Å². The van der Waals surface area contributed by atoms with Gasteiger partial charge in [0.2, 0.25) is 5.76 Å². The van der Waals surface area contributed by atoms with Gasteiger partial charge in [0.1, 0.15) is 5.76 Å². The van der Waals surface area contributed by atoms with Gasteiger partial charge in [-0.2, -0.15) is 0 Å². The summed E-state index contributed by atoms with van der Waals surface area (Å²) in [5.74, 6) is 0.0173. The number of nitrogens with two attached hydrogens (primary N) is 1. The van der Waals surface area contributed by atoms with Gasteiger partial charge in [-0.25, -0.2) is 4.79 Å². The molecule has 0 spiro atoms. The van der Waals surface area contributed by atoms with Gasteiger partial charge >= 0.3 is 5.97 Å². The first-order valence-electron chi connectivity index (χ1n) is 5.48. The number of hydrogen-bond acceptors (Lipinski definition) is 4. The Balaban J connectivity index is 2.17. The number of aryl methyl sites for hydroxylation is 1. The zero-order valence-corrected chi connectivity index (χ0v) is 11.7. The molecule has 0 saturated carbocycles. The van der Waals surface area contributed by atoms with Crippen molar-refractivity contribution in [3.63, 3.8) is 0 Å². The van der Waals surface area contributed by atoms with E-state index in [4.69, 9.17) is 26.9 Å². The first-order valence-corrected chi connectivity index (χ1v) is 6.84. The molecule has 3 N–H and O–H groups in total. The zero-order chi connectivity index (χ0) is 14.0. The molecule has 100 valence electrons. The molecule has 2 rings (SSSR count). The van der Waals surface area contributed by atoms with Gasteiger partial charge in [0.15, 0.2) is 0 Å². The first-order chi connectivity index (χ1) is 8.99. The number of aromatic carboxylic acids is 1. The third-order valence-electron chi connectivity index (χ3n) is 2.60. The minimum atomic E-state index is -1.07. The van der Waals surface area contributed by atoms with Gasteiger partial charge in [0.25, 0.3) is 0 Å². The normalized spacial score (nSPS) is 10.6. The Morgan fingerprint density at radius 1 is 1.53 bits per heavy atom. The second-order valence-corrected chi connectivity index (χ2v) is 5.34. The number of benzene rings is 1. The third-order valence-corrected chi connectivity index (χ3v) is 4.23.